The molecule has 0 radical (unpaired) electrons. The maximum atomic E-state index is 6.24. The van der Waals surface area contributed by atoms with Gasteiger partial charge in [-0.1, -0.05) is 0 Å². The molecule has 0 amide bonds. The molecule has 2 heterocycles. The van der Waals surface area contributed by atoms with Crippen LogP contribution in [0.2, 0.25) is 0 Å². The maximum Gasteiger partial charge on any atom is 0.129 e. The normalized spacial score (nSPS) is 12.7. The van der Waals surface area contributed by atoms with Gasteiger partial charge < -0.3 is 10.5 Å². The van der Waals surface area contributed by atoms with Crippen molar-refractivity contribution in [1.29, 1.82) is 0 Å². The van der Waals surface area contributed by atoms with Crippen LogP contribution in [0.3, 0.4) is 0 Å². The summed E-state index contributed by atoms with van der Waals surface area (Å²) < 4.78 is 8.10. The van der Waals surface area contributed by atoms with Crippen LogP contribution in [-0.4, -0.2) is 16.9 Å². The van der Waals surface area contributed by atoms with Gasteiger partial charge in [-0.2, -0.15) is 5.10 Å². The summed E-state index contributed by atoms with van der Waals surface area (Å²) in [5, 5.41) is 6.34. The van der Waals surface area contributed by atoms with Gasteiger partial charge >= 0.3 is 0 Å². The smallest absolute Gasteiger partial charge is 0.129 e. The SMILES string of the molecule is COc1csc(C(N)Cc2c(Br)c(C)nn2C)c1. The number of aryl methyl sites for hydroxylation is 2. The second-order valence-electron chi connectivity index (χ2n) is 4.17. The highest BCUT2D eigenvalue weighted by Gasteiger charge is 2.16. The van der Waals surface area contributed by atoms with Crippen LogP contribution < -0.4 is 10.5 Å². The third-order valence-electron chi connectivity index (χ3n) is 2.87. The van der Waals surface area contributed by atoms with Gasteiger partial charge in [0.15, 0.2) is 0 Å². The van der Waals surface area contributed by atoms with E-state index < -0.39 is 0 Å². The Labute approximate surface area is 119 Å². The average Bonchev–Trinajstić information content (AvgIpc) is 2.90. The molecule has 0 fully saturated rings. The first-order valence-electron chi connectivity index (χ1n) is 5.59. The van der Waals surface area contributed by atoms with E-state index in [4.69, 9.17) is 10.5 Å². The van der Waals surface area contributed by atoms with Gasteiger partial charge in [-0.3, -0.25) is 4.68 Å². The first kappa shape index (κ1) is 13.6. The number of ether oxygens (including phenoxy) is 1. The van der Waals surface area contributed by atoms with Crippen molar-refractivity contribution in [1.82, 2.24) is 9.78 Å². The Balaban J connectivity index is 2.18. The molecule has 0 aliphatic carbocycles. The standard InChI is InChI=1S/C12H16BrN3OS/c1-7-12(13)10(16(2)15-7)5-9(14)11-4-8(17-3)6-18-11/h4,6,9H,5,14H2,1-3H3. The highest BCUT2D eigenvalue weighted by atomic mass is 79.9. The predicted octanol–water partition coefficient (Wildman–Crippen LogP) is 2.80. The van der Waals surface area contributed by atoms with Crippen LogP contribution in [0, 0.1) is 6.92 Å². The number of nitrogens with two attached hydrogens (primary N) is 1. The molecule has 98 valence electrons. The first-order chi connectivity index (χ1) is 8.52. The molecule has 2 aromatic heterocycles. The second kappa shape index (κ2) is 5.42. The zero-order valence-electron chi connectivity index (χ0n) is 10.6. The van der Waals surface area contributed by atoms with Crippen molar-refractivity contribution in [2.75, 3.05) is 7.11 Å². The topological polar surface area (TPSA) is 53.1 Å². The summed E-state index contributed by atoms with van der Waals surface area (Å²) in [6.45, 7) is 1.98. The van der Waals surface area contributed by atoms with E-state index in [-0.39, 0.29) is 6.04 Å². The fraction of sp³-hybridized carbons (Fsp3) is 0.417. The summed E-state index contributed by atoms with van der Waals surface area (Å²) in [5.74, 6) is 0.866. The van der Waals surface area contributed by atoms with Crippen molar-refractivity contribution < 1.29 is 4.74 Å². The van der Waals surface area contributed by atoms with Gasteiger partial charge in [-0.05, 0) is 28.9 Å². The molecule has 2 aromatic rings. The Morgan fingerprint density at radius 2 is 2.33 bits per heavy atom. The second-order valence-corrected chi connectivity index (χ2v) is 5.91. The van der Waals surface area contributed by atoms with Crippen molar-refractivity contribution in [2.24, 2.45) is 12.8 Å². The zero-order chi connectivity index (χ0) is 13.3. The van der Waals surface area contributed by atoms with Crippen molar-refractivity contribution in [3.8, 4) is 5.75 Å². The summed E-state index contributed by atoms with van der Waals surface area (Å²) >= 11 is 5.19. The van der Waals surface area contributed by atoms with E-state index in [2.05, 4.69) is 21.0 Å². The minimum absolute atomic E-state index is 0.0370. The molecule has 18 heavy (non-hydrogen) atoms. The van der Waals surface area contributed by atoms with Crippen molar-refractivity contribution in [3.05, 3.63) is 32.2 Å². The fourth-order valence-corrected chi connectivity index (χ4v) is 3.20. The predicted molar refractivity (Wildman–Crippen MR) is 77.1 cm³/mol. The van der Waals surface area contributed by atoms with Gasteiger partial charge in [0.05, 0.1) is 23.0 Å². The third kappa shape index (κ3) is 2.60. The van der Waals surface area contributed by atoms with Gasteiger partial charge in [-0.15, -0.1) is 11.3 Å². The maximum absolute atomic E-state index is 6.24. The van der Waals surface area contributed by atoms with Crippen LogP contribution in [0.4, 0.5) is 0 Å². The first-order valence-corrected chi connectivity index (χ1v) is 7.26. The number of halogens is 1. The van der Waals surface area contributed by atoms with Gasteiger partial charge in [0.2, 0.25) is 0 Å². The number of rotatable bonds is 4. The van der Waals surface area contributed by atoms with E-state index in [1.165, 1.54) is 0 Å². The number of nitrogens with zero attached hydrogens (tertiary/aromatic N) is 2. The molecule has 0 saturated carbocycles. The number of hydrogen-bond acceptors (Lipinski definition) is 4. The van der Waals surface area contributed by atoms with Gasteiger partial charge in [0.1, 0.15) is 5.75 Å². The van der Waals surface area contributed by atoms with E-state index in [0.29, 0.717) is 0 Å². The van der Waals surface area contributed by atoms with E-state index >= 15 is 0 Å². The summed E-state index contributed by atoms with van der Waals surface area (Å²) in [4.78, 5) is 1.12. The largest absolute Gasteiger partial charge is 0.496 e. The Kier molecular flexibility index (Phi) is 4.09. The van der Waals surface area contributed by atoms with Gasteiger partial charge in [0, 0.05) is 29.8 Å². The van der Waals surface area contributed by atoms with Crippen molar-refractivity contribution >= 4 is 27.3 Å². The minimum atomic E-state index is -0.0370. The van der Waals surface area contributed by atoms with Crippen LogP contribution in [0.1, 0.15) is 22.3 Å². The van der Waals surface area contributed by atoms with E-state index in [0.717, 1.165) is 32.9 Å². The van der Waals surface area contributed by atoms with Gasteiger partial charge in [-0.25, -0.2) is 0 Å². The molecule has 0 aliphatic rings. The lowest BCUT2D eigenvalue weighted by Crippen LogP contribution is -2.14. The molecular weight excluding hydrogens is 314 g/mol. The van der Waals surface area contributed by atoms with Crippen LogP contribution in [-0.2, 0) is 13.5 Å². The third-order valence-corrected chi connectivity index (χ3v) is 4.95. The molecule has 0 aliphatic heterocycles. The lowest BCUT2D eigenvalue weighted by Gasteiger charge is -2.10. The Morgan fingerprint density at radius 1 is 1.61 bits per heavy atom. The average molecular weight is 330 g/mol. The monoisotopic (exact) mass is 329 g/mol. The number of aromatic nitrogens is 2. The Morgan fingerprint density at radius 3 is 2.83 bits per heavy atom. The molecule has 0 saturated heterocycles. The van der Waals surface area contributed by atoms with E-state index in [9.17, 15) is 0 Å². The molecule has 0 bridgehead atoms. The highest BCUT2D eigenvalue weighted by Crippen LogP contribution is 2.30. The summed E-state index contributed by atoms with van der Waals surface area (Å²) in [5.41, 5.74) is 8.34. The molecule has 0 spiro atoms. The molecule has 2 rings (SSSR count). The molecular formula is C12H16BrN3OS. The molecule has 1 atom stereocenters. The number of thiophene rings is 1. The fourth-order valence-electron chi connectivity index (χ4n) is 1.85. The number of methoxy groups -OCH3 is 1. The number of hydrogen-bond donors (Lipinski definition) is 1. The highest BCUT2D eigenvalue weighted by molar-refractivity contribution is 9.10. The Bertz CT molecular complexity index is 550. The summed E-state index contributed by atoms with van der Waals surface area (Å²) in [7, 11) is 3.60. The van der Waals surface area contributed by atoms with E-state index in [1.54, 1.807) is 18.4 Å². The molecule has 2 N–H and O–H groups in total. The molecule has 1 unspecified atom stereocenters. The van der Waals surface area contributed by atoms with Crippen LogP contribution in [0.15, 0.2) is 15.9 Å². The minimum Gasteiger partial charge on any atom is -0.496 e. The quantitative estimate of drug-likeness (QED) is 0.938. The Hall–Kier alpha value is -0.850. The molecule has 4 nitrogen and oxygen atoms in total. The van der Waals surface area contributed by atoms with Gasteiger partial charge in [0.25, 0.3) is 0 Å². The molecule has 0 aromatic carbocycles. The van der Waals surface area contributed by atoms with Crippen molar-refractivity contribution in [2.45, 2.75) is 19.4 Å². The zero-order valence-corrected chi connectivity index (χ0v) is 13.0. The van der Waals surface area contributed by atoms with Crippen LogP contribution in [0.25, 0.3) is 0 Å². The summed E-state index contributed by atoms with van der Waals surface area (Å²) in [6.07, 6.45) is 0.752. The van der Waals surface area contributed by atoms with Crippen LogP contribution >= 0.6 is 27.3 Å². The lowest BCUT2D eigenvalue weighted by molar-refractivity contribution is 0.416. The van der Waals surface area contributed by atoms with Crippen molar-refractivity contribution in [3.63, 3.8) is 0 Å². The molecule has 6 heteroatoms. The van der Waals surface area contributed by atoms with Crippen LogP contribution in [0.5, 0.6) is 5.75 Å². The summed E-state index contributed by atoms with van der Waals surface area (Å²) in [6, 6.07) is 1.96. The lowest BCUT2D eigenvalue weighted by atomic mass is 10.1. The van der Waals surface area contributed by atoms with E-state index in [1.807, 2.05) is 30.1 Å².